The maximum atomic E-state index is 14.1. The summed E-state index contributed by atoms with van der Waals surface area (Å²) in [6.07, 6.45) is -0.858. The van der Waals surface area contributed by atoms with Crippen LogP contribution >= 0.6 is 0 Å². The van der Waals surface area contributed by atoms with Gasteiger partial charge in [0.05, 0.1) is 0 Å². The molecule has 0 radical (unpaired) electrons. The van der Waals surface area contributed by atoms with Gasteiger partial charge in [-0.3, -0.25) is 0 Å². The molecule has 0 saturated carbocycles. The third-order valence-electron chi connectivity index (χ3n) is 3.70. The second kappa shape index (κ2) is 7.09. The first kappa shape index (κ1) is 16.7. The molecule has 1 aromatic carbocycles. The maximum Gasteiger partial charge on any atom is 0.407 e. The zero-order valence-corrected chi connectivity index (χ0v) is 13.4. The van der Waals surface area contributed by atoms with E-state index in [2.05, 4.69) is 10.6 Å². The van der Waals surface area contributed by atoms with Crippen molar-refractivity contribution < 1.29 is 13.9 Å². The monoisotopic (exact) mass is 308 g/mol. The van der Waals surface area contributed by atoms with Crippen LogP contribution in [0.15, 0.2) is 30.3 Å². The number of benzene rings is 1. The fourth-order valence-electron chi connectivity index (χ4n) is 2.70. The lowest BCUT2D eigenvalue weighted by Gasteiger charge is -2.28. The van der Waals surface area contributed by atoms with Crippen LogP contribution in [0.4, 0.5) is 9.18 Å². The molecule has 0 bridgehead atoms. The number of ether oxygens (including phenoxy) is 1. The quantitative estimate of drug-likeness (QED) is 0.899. The molecule has 0 aliphatic carbocycles. The van der Waals surface area contributed by atoms with Gasteiger partial charge in [-0.2, -0.15) is 0 Å². The van der Waals surface area contributed by atoms with Crippen LogP contribution in [-0.4, -0.2) is 37.0 Å². The van der Waals surface area contributed by atoms with Crippen molar-refractivity contribution in [1.82, 2.24) is 10.6 Å². The first-order valence-corrected chi connectivity index (χ1v) is 7.73. The summed E-state index contributed by atoms with van der Waals surface area (Å²) in [4.78, 5) is 12.0. The number of hydrogen-bond donors (Lipinski definition) is 2. The highest BCUT2D eigenvalue weighted by atomic mass is 19.1. The molecule has 1 unspecified atom stereocenters. The molecular formula is C17H25FN2O2. The first-order valence-electron chi connectivity index (χ1n) is 7.73. The van der Waals surface area contributed by atoms with Crippen LogP contribution in [0.1, 0.15) is 26.3 Å². The number of carbonyl (C=O) groups is 1. The van der Waals surface area contributed by atoms with Crippen molar-refractivity contribution in [2.75, 3.05) is 13.1 Å². The molecule has 1 aliphatic rings. The molecule has 1 fully saturated rings. The van der Waals surface area contributed by atoms with Crippen molar-refractivity contribution in [2.45, 2.75) is 45.0 Å². The van der Waals surface area contributed by atoms with Crippen molar-refractivity contribution in [3.8, 4) is 0 Å². The van der Waals surface area contributed by atoms with Gasteiger partial charge in [-0.1, -0.05) is 30.3 Å². The molecule has 122 valence electrons. The van der Waals surface area contributed by atoms with Gasteiger partial charge in [-0.15, -0.1) is 0 Å². The first-order chi connectivity index (χ1) is 10.3. The highest BCUT2D eigenvalue weighted by Crippen LogP contribution is 2.21. The Morgan fingerprint density at radius 3 is 2.59 bits per heavy atom. The Hall–Kier alpha value is -1.62. The molecule has 4 nitrogen and oxygen atoms in total. The van der Waals surface area contributed by atoms with E-state index in [9.17, 15) is 9.18 Å². The summed E-state index contributed by atoms with van der Waals surface area (Å²) in [5.41, 5.74) is 0.507. The molecule has 1 aromatic rings. The van der Waals surface area contributed by atoms with Gasteiger partial charge in [0.2, 0.25) is 0 Å². The zero-order chi connectivity index (χ0) is 16.2. The minimum Gasteiger partial charge on any atom is -0.444 e. The fraction of sp³-hybridized carbons (Fsp3) is 0.588. The number of carbonyl (C=O) groups excluding carboxylic acids is 1. The Bertz CT molecular complexity index is 487. The number of alkyl carbamates (subject to hydrolysis) is 1. The average molecular weight is 308 g/mol. The average Bonchev–Trinajstić information content (AvgIpc) is 2.83. The van der Waals surface area contributed by atoms with Gasteiger partial charge < -0.3 is 15.4 Å². The van der Waals surface area contributed by atoms with Gasteiger partial charge >= 0.3 is 6.09 Å². The number of alkyl halides is 1. The topological polar surface area (TPSA) is 50.4 Å². The Labute approximate surface area is 131 Å². The van der Waals surface area contributed by atoms with Gasteiger partial charge in [0.25, 0.3) is 0 Å². The van der Waals surface area contributed by atoms with Crippen molar-refractivity contribution in [1.29, 1.82) is 0 Å². The highest BCUT2D eigenvalue weighted by molar-refractivity contribution is 5.68. The minimum atomic E-state index is -0.955. The van der Waals surface area contributed by atoms with Crippen LogP contribution in [0.2, 0.25) is 0 Å². The Kier molecular flexibility index (Phi) is 5.40. The van der Waals surface area contributed by atoms with E-state index in [0.717, 1.165) is 5.56 Å². The van der Waals surface area contributed by atoms with E-state index in [1.165, 1.54) is 0 Å². The molecule has 1 aliphatic heterocycles. The Morgan fingerprint density at radius 2 is 2.05 bits per heavy atom. The van der Waals surface area contributed by atoms with Crippen molar-refractivity contribution in [3.05, 3.63) is 35.9 Å². The van der Waals surface area contributed by atoms with Crippen molar-refractivity contribution in [3.63, 3.8) is 0 Å². The van der Waals surface area contributed by atoms with Gasteiger partial charge in [0.15, 0.2) is 0 Å². The summed E-state index contributed by atoms with van der Waals surface area (Å²) >= 11 is 0. The normalized spacial score (nSPS) is 23.1. The zero-order valence-electron chi connectivity index (χ0n) is 13.4. The lowest BCUT2D eigenvalue weighted by molar-refractivity contribution is 0.0476. The van der Waals surface area contributed by atoms with Crippen molar-refractivity contribution in [2.24, 2.45) is 5.92 Å². The van der Waals surface area contributed by atoms with E-state index < -0.39 is 17.9 Å². The predicted octanol–water partition coefficient (Wildman–Crippen LogP) is 2.68. The Morgan fingerprint density at radius 1 is 1.36 bits per heavy atom. The number of nitrogens with one attached hydrogen (secondary N) is 2. The van der Waals surface area contributed by atoms with Gasteiger partial charge in [-0.05, 0) is 32.8 Å². The summed E-state index contributed by atoms with van der Waals surface area (Å²) in [6, 6.07) is 9.51. The second-order valence-corrected chi connectivity index (χ2v) is 6.78. The number of amides is 1. The van der Waals surface area contributed by atoms with Gasteiger partial charge in [0.1, 0.15) is 11.8 Å². The van der Waals surface area contributed by atoms with Gasteiger partial charge in [0, 0.05) is 25.0 Å². The lowest BCUT2D eigenvalue weighted by Crippen LogP contribution is -2.47. The summed E-state index contributed by atoms with van der Waals surface area (Å²) in [7, 11) is 0. The summed E-state index contributed by atoms with van der Waals surface area (Å²) in [5.74, 6) is -0.243. The molecule has 22 heavy (non-hydrogen) atoms. The number of rotatable bonds is 4. The maximum absolute atomic E-state index is 14.1. The summed E-state index contributed by atoms with van der Waals surface area (Å²) in [5, 5.41) is 5.90. The van der Waals surface area contributed by atoms with E-state index in [4.69, 9.17) is 4.74 Å². The molecule has 0 spiro atoms. The molecule has 1 saturated heterocycles. The predicted molar refractivity (Wildman–Crippen MR) is 84.6 cm³/mol. The molecule has 2 N–H and O–H groups in total. The molecule has 3 atom stereocenters. The molecule has 5 heteroatoms. The molecule has 1 amide bonds. The molecule has 1 heterocycles. The van der Waals surface area contributed by atoms with E-state index >= 15 is 0 Å². The van der Waals surface area contributed by atoms with Crippen LogP contribution in [0, 0.1) is 5.92 Å². The SMILES string of the molecule is CC(C)(C)OC(=O)NC(Cc1ccccc1)[C@H]1CNC[C@@H]1F. The van der Waals surface area contributed by atoms with Crippen LogP contribution < -0.4 is 10.6 Å². The standard InChI is InChI=1S/C17H25FN2O2/c1-17(2,3)22-16(21)20-15(13-10-19-11-14(13)18)9-12-7-5-4-6-8-12/h4-8,13-15,19H,9-11H2,1-3H3,(H,20,21)/t13-,14-,15?/m0/s1. The highest BCUT2D eigenvalue weighted by Gasteiger charge is 2.35. The summed E-state index contributed by atoms with van der Waals surface area (Å²) in [6.45, 7) is 6.34. The molecule has 2 rings (SSSR count). The Balaban J connectivity index is 2.06. The number of halogens is 1. The van der Waals surface area contributed by atoms with Crippen LogP contribution in [-0.2, 0) is 11.2 Å². The van der Waals surface area contributed by atoms with E-state index in [1.807, 2.05) is 51.1 Å². The second-order valence-electron chi connectivity index (χ2n) is 6.78. The molecule has 0 aromatic heterocycles. The molecular weight excluding hydrogens is 283 g/mol. The third-order valence-corrected chi connectivity index (χ3v) is 3.70. The lowest BCUT2D eigenvalue weighted by atomic mass is 9.92. The van der Waals surface area contributed by atoms with Gasteiger partial charge in [-0.25, -0.2) is 9.18 Å². The third kappa shape index (κ3) is 4.98. The fourth-order valence-corrected chi connectivity index (χ4v) is 2.70. The van der Waals surface area contributed by atoms with Crippen LogP contribution in [0.25, 0.3) is 0 Å². The smallest absolute Gasteiger partial charge is 0.407 e. The largest absolute Gasteiger partial charge is 0.444 e. The van der Waals surface area contributed by atoms with E-state index in [-0.39, 0.29) is 12.0 Å². The van der Waals surface area contributed by atoms with E-state index in [1.54, 1.807) is 0 Å². The number of hydrogen-bond acceptors (Lipinski definition) is 3. The summed E-state index contributed by atoms with van der Waals surface area (Å²) < 4.78 is 19.4. The minimum absolute atomic E-state index is 0.243. The van der Waals surface area contributed by atoms with Crippen LogP contribution in [0.5, 0.6) is 0 Å². The van der Waals surface area contributed by atoms with E-state index in [0.29, 0.717) is 19.5 Å². The van der Waals surface area contributed by atoms with Crippen LogP contribution in [0.3, 0.4) is 0 Å². The van der Waals surface area contributed by atoms with Crippen molar-refractivity contribution >= 4 is 6.09 Å².